The summed E-state index contributed by atoms with van der Waals surface area (Å²) >= 11 is 5.94. The second kappa shape index (κ2) is 8.95. The summed E-state index contributed by atoms with van der Waals surface area (Å²) in [4.78, 5) is 33.6. The fourth-order valence-electron chi connectivity index (χ4n) is 3.84. The van der Waals surface area contributed by atoms with Crippen LogP contribution in [0.2, 0.25) is 5.02 Å². The third-order valence-electron chi connectivity index (χ3n) is 5.44. The molecule has 2 aliphatic rings. The molecule has 3 heterocycles. The highest BCUT2D eigenvalue weighted by atomic mass is 35.5. The highest BCUT2D eigenvalue weighted by Crippen LogP contribution is 2.39. The molecule has 0 unspecified atom stereocenters. The van der Waals surface area contributed by atoms with Crippen LogP contribution >= 0.6 is 11.6 Å². The zero-order chi connectivity index (χ0) is 21.1. The summed E-state index contributed by atoms with van der Waals surface area (Å²) in [5.74, 6) is -1.51. The Kier molecular flexibility index (Phi) is 6.13. The average Bonchev–Trinajstić information content (AvgIpc) is 3.04. The molecule has 30 heavy (non-hydrogen) atoms. The minimum absolute atomic E-state index is 0.0792. The van der Waals surface area contributed by atoms with Gasteiger partial charge in [-0.15, -0.1) is 0 Å². The number of aliphatic hydroxyl groups excluding tert-OH is 1. The number of carbonyl (C=O) groups is 2. The van der Waals surface area contributed by atoms with Crippen molar-refractivity contribution in [3.63, 3.8) is 0 Å². The van der Waals surface area contributed by atoms with E-state index in [0.717, 1.165) is 18.7 Å². The van der Waals surface area contributed by atoms with Gasteiger partial charge in [0.15, 0.2) is 0 Å². The standard InChI is InChI=1S/C22H22ClN3O4/c23-17-3-1-16(2-4-17)20(27)18-19(15-5-7-24-8-6-15)26(22(29)21(18)28)10-9-25-11-13-30-14-12-25/h1-8,19,27H,9-14H2/b20-18+/t19-/m0/s1. The highest BCUT2D eigenvalue weighted by molar-refractivity contribution is 6.46. The fourth-order valence-corrected chi connectivity index (χ4v) is 3.97. The molecule has 1 N–H and O–H groups in total. The van der Waals surface area contributed by atoms with Crippen LogP contribution in [-0.2, 0) is 14.3 Å². The summed E-state index contributed by atoms with van der Waals surface area (Å²) in [7, 11) is 0. The van der Waals surface area contributed by atoms with E-state index in [1.807, 2.05) is 0 Å². The van der Waals surface area contributed by atoms with Crippen LogP contribution in [0.4, 0.5) is 0 Å². The Hall–Kier alpha value is -2.74. The van der Waals surface area contributed by atoms with Gasteiger partial charge < -0.3 is 14.7 Å². The summed E-state index contributed by atoms with van der Waals surface area (Å²) in [5, 5.41) is 11.5. The van der Waals surface area contributed by atoms with Crippen LogP contribution in [0.3, 0.4) is 0 Å². The minimum atomic E-state index is -0.689. The van der Waals surface area contributed by atoms with Gasteiger partial charge in [0.05, 0.1) is 24.8 Å². The monoisotopic (exact) mass is 427 g/mol. The number of halogens is 1. The van der Waals surface area contributed by atoms with Crippen LogP contribution in [0.5, 0.6) is 0 Å². The molecule has 0 spiro atoms. The molecule has 1 aromatic heterocycles. The maximum atomic E-state index is 12.9. The van der Waals surface area contributed by atoms with E-state index in [4.69, 9.17) is 16.3 Å². The van der Waals surface area contributed by atoms with Crippen molar-refractivity contribution in [1.82, 2.24) is 14.8 Å². The molecule has 4 rings (SSSR count). The topological polar surface area (TPSA) is 83.0 Å². The normalized spacial score (nSPS) is 21.9. The van der Waals surface area contributed by atoms with Crippen molar-refractivity contribution < 1.29 is 19.4 Å². The Labute approximate surface area is 179 Å². The first-order valence-electron chi connectivity index (χ1n) is 9.80. The molecule has 156 valence electrons. The molecular formula is C22H22ClN3O4. The Balaban J connectivity index is 1.71. The summed E-state index contributed by atoms with van der Waals surface area (Å²) in [6, 6.07) is 9.36. The van der Waals surface area contributed by atoms with E-state index in [2.05, 4.69) is 9.88 Å². The number of hydrogen-bond acceptors (Lipinski definition) is 6. The van der Waals surface area contributed by atoms with Crippen LogP contribution in [-0.4, -0.2) is 71.0 Å². The van der Waals surface area contributed by atoms with E-state index in [1.54, 1.807) is 48.8 Å². The largest absolute Gasteiger partial charge is 0.507 e. The lowest BCUT2D eigenvalue weighted by molar-refractivity contribution is -0.140. The first kappa shape index (κ1) is 20.5. The number of amides is 1. The summed E-state index contributed by atoms with van der Waals surface area (Å²) < 4.78 is 5.37. The number of carbonyl (C=O) groups excluding carboxylic acids is 2. The molecule has 7 nitrogen and oxygen atoms in total. The molecule has 0 saturated carbocycles. The van der Waals surface area contributed by atoms with E-state index >= 15 is 0 Å². The molecule has 0 bridgehead atoms. The second-order valence-electron chi connectivity index (χ2n) is 7.23. The van der Waals surface area contributed by atoms with Crippen molar-refractivity contribution in [3.8, 4) is 0 Å². The van der Waals surface area contributed by atoms with E-state index in [9.17, 15) is 14.7 Å². The number of Topliss-reactive ketones (excluding diaryl/α,β-unsaturated/α-hetero) is 1. The van der Waals surface area contributed by atoms with Gasteiger partial charge in [0.1, 0.15) is 5.76 Å². The van der Waals surface area contributed by atoms with Crippen molar-refractivity contribution in [2.24, 2.45) is 0 Å². The zero-order valence-electron chi connectivity index (χ0n) is 16.3. The van der Waals surface area contributed by atoms with Gasteiger partial charge >= 0.3 is 0 Å². The average molecular weight is 428 g/mol. The SMILES string of the molecule is O=C1C(=O)N(CCN2CCOCC2)[C@@H](c2ccncc2)/C1=C(\O)c1ccc(Cl)cc1. The lowest BCUT2D eigenvalue weighted by Crippen LogP contribution is -2.42. The Bertz CT molecular complexity index is 956. The van der Waals surface area contributed by atoms with E-state index < -0.39 is 17.7 Å². The molecule has 1 atom stereocenters. The van der Waals surface area contributed by atoms with Gasteiger partial charge in [-0.25, -0.2) is 0 Å². The molecule has 8 heteroatoms. The Morgan fingerprint density at radius 2 is 1.73 bits per heavy atom. The predicted octanol–water partition coefficient (Wildman–Crippen LogP) is 2.49. The van der Waals surface area contributed by atoms with Gasteiger partial charge in [-0.3, -0.25) is 19.5 Å². The predicted molar refractivity (Wildman–Crippen MR) is 112 cm³/mol. The minimum Gasteiger partial charge on any atom is -0.507 e. The molecule has 2 aliphatic heterocycles. The quantitative estimate of drug-likeness (QED) is 0.448. The molecule has 2 saturated heterocycles. The van der Waals surface area contributed by atoms with Crippen molar-refractivity contribution in [2.45, 2.75) is 6.04 Å². The highest BCUT2D eigenvalue weighted by Gasteiger charge is 2.46. The number of aliphatic hydroxyl groups is 1. The van der Waals surface area contributed by atoms with Crippen molar-refractivity contribution in [2.75, 3.05) is 39.4 Å². The number of hydrogen-bond donors (Lipinski definition) is 1. The number of pyridine rings is 1. The number of rotatable bonds is 5. The number of benzene rings is 1. The van der Waals surface area contributed by atoms with Crippen molar-refractivity contribution in [3.05, 3.63) is 70.5 Å². The third kappa shape index (κ3) is 4.09. The molecule has 2 aromatic rings. The number of nitrogens with zero attached hydrogens (tertiary/aromatic N) is 3. The van der Waals surface area contributed by atoms with E-state index in [1.165, 1.54) is 4.90 Å². The fraction of sp³-hybridized carbons (Fsp3) is 0.318. The third-order valence-corrected chi connectivity index (χ3v) is 5.69. The number of ether oxygens (including phenoxy) is 1. The van der Waals surface area contributed by atoms with Gasteiger partial charge in [0.25, 0.3) is 11.7 Å². The number of morpholine rings is 1. The molecule has 1 amide bonds. The summed E-state index contributed by atoms with van der Waals surface area (Å²) in [6.07, 6.45) is 3.22. The van der Waals surface area contributed by atoms with Crippen LogP contribution in [0, 0.1) is 0 Å². The summed E-state index contributed by atoms with van der Waals surface area (Å²) in [6.45, 7) is 3.88. The first-order valence-corrected chi connectivity index (χ1v) is 10.2. The van der Waals surface area contributed by atoms with Crippen LogP contribution in [0.1, 0.15) is 17.2 Å². The smallest absolute Gasteiger partial charge is 0.295 e. The van der Waals surface area contributed by atoms with Gasteiger partial charge in [0.2, 0.25) is 0 Å². The molecular weight excluding hydrogens is 406 g/mol. The zero-order valence-corrected chi connectivity index (χ0v) is 17.1. The second-order valence-corrected chi connectivity index (χ2v) is 7.67. The molecule has 1 aromatic carbocycles. The van der Waals surface area contributed by atoms with Gasteiger partial charge in [-0.1, -0.05) is 11.6 Å². The van der Waals surface area contributed by atoms with Crippen LogP contribution in [0.25, 0.3) is 5.76 Å². The van der Waals surface area contributed by atoms with Crippen molar-refractivity contribution in [1.29, 1.82) is 0 Å². The van der Waals surface area contributed by atoms with E-state index in [-0.39, 0.29) is 11.3 Å². The molecule has 0 radical (unpaired) electrons. The number of aromatic nitrogens is 1. The Morgan fingerprint density at radius 3 is 2.40 bits per heavy atom. The number of likely N-dealkylation sites (tertiary alicyclic amines) is 1. The van der Waals surface area contributed by atoms with Gasteiger partial charge in [-0.05, 0) is 42.0 Å². The summed E-state index contributed by atoms with van der Waals surface area (Å²) in [5.41, 5.74) is 1.24. The first-order chi connectivity index (χ1) is 14.6. The number of ketones is 1. The Morgan fingerprint density at radius 1 is 1.07 bits per heavy atom. The maximum Gasteiger partial charge on any atom is 0.295 e. The maximum absolute atomic E-state index is 12.9. The molecule has 2 fully saturated rings. The van der Waals surface area contributed by atoms with Gasteiger partial charge in [-0.2, -0.15) is 0 Å². The van der Waals surface area contributed by atoms with E-state index in [0.29, 0.717) is 36.9 Å². The van der Waals surface area contributed by atoms with Gasteiger partial charge in [0, 0.05) is 49.2 Å². The lowest BCUT2D eigenvalue weighted by Gasteiger charge is -2.30. The lowest BCUT2D eigenvalue weighted by atomic mass is 9.96. The van der Waals surface area contributed by atoms with Crippen molar-refractivity contribution >= 4 is 29.1 Å². The van der Waals surface area contributed by atoms with Crippen LogP contribution < -0.4 is 0 Å². The van der Waals surface area contributed by atoms with Crippen LogP contribution in [0.15, 0.2) is 54.4 Å². The molecule has 0 aliphatic carbocycles.